The number of esters is 1. The molecule has 0 radical (unpaired) electrons. The van der Waals surface area contributed by atoms with Crippen molar-refractivity contribution >= 4 is 5.97 Å². The SMILES string of the molecule is COC(=O)C(CC(C)C)NCc1ncnn1C(C)C. The lowest BCUT2D eigenvalue weighted by Gasteiger charge is -2.18. The van der Waals surface area contributed by atoms with Crippen LogP contribution in [0.5, 0.6) is 0 Å². The maximum atomic E-state index is 11.7. The Labute approximate surface area is 114 Å². The van der Waals surface area contributed by atoms with Gasteiger partial charge in [-0.05, 0) is 26.2 Å². The minimum Gasteiger partial charge on any atom is -0.468 e. The molecule has 0 aliphatic carbocycles. The van der Waals surface area contributed by atoms with Crippen molar-refractivity contribution in [3.63, 3.8) is 0 Å². The minimum atomic E-state index is -0.303. The molecule has 6 heteroatoms. The lowest BCUT2D eigenvalue weighted by Crippen LogP contribution is -2.39. The third kappa shape index (κ3) is 4.63. The number of rotatable bonds is 7. The molecule has 0 aliphatic rings. The van der Waals surface area contributed by atoms with Gasteiger partial charge in [-0.3, -0.25) is 10.1 Å². The summed E-state index contributed by atoms with van der Waals surface area (Å²) < 4.78 is 6.66. The lowest BCUT2D eigenvalue weighted by atomic mass is 10.0. The van der Waals surface area contributed by atoms with Crippen molar-refractivity contribution in [2.45, 2.75) is 52.7 Å². The molecule has 0 aromatic carbocycles. The van der Waals surface area contributed by atoms with E-state index in [1.807, 2.05) is 18.5 Å². The number of ether oxygens (including phenoxy) is 1. The minimum absolute atomic E-state index is 0.232. The average Bonchev–Trinajstić information content (AvgIpc) is 2.81. The number of aromatic nitrogens is 3. The van der Waals surface area contributed by atoms with Crippen molar-refractivity contribution in [2.75, 3.05) is 7.11 Å². The zero-order valence-corrected chi connectivity index (χ0v) is 12.4. The third-order valence-corrected chi connectivity index (χ3v) is 2.84. The van der Waals surface area contributed by atoms with Crippen LogP contribution in [-0.4, -0.2) is 33.9 Å². The summed E-state index contributed by atoms with van der Waals surface area (Å²) >= 11 is 0. The van der Waals surface area contributed by atoms with Gasteiger partial charge in [-0.15, -0.1) is 0 Å². The van der Waals surface area contributed by atoms with E-state index in [1.54, 1.807) is 0 Å². The van der Waals surface area contributed by atoms with Crippen LogP contribution in [0.4, 0.5) is 0 Å². The standard InChI is InChI=1S/C13H24N4O2/c1-9(2)6-11(13(18)19-5)14-7-12-15-8-16-17(12)10(3)4/h8-11,14H,6-7H2,1-5H3. The number of carbonyl (C=O) groups excluding carboxylic acids is 1. The van der Waals surface area contributed by atoms with E-state index in [0.717, 1.165) is 12.2 Å². The molecule has 0 bridgehead atoms. The molecule has 1 rings (SSSR count). The second-order valence-electron chi connectivity index (χ2n) is 5.30. The average molecular weight is 268 g/mol. The first-order chi connectivity index (χ1) is 8.95. The zero-order chi connectivity index (χ0) is 14.4. The molecule has 1 heterocycles. The summed E-state index contributed by atoms with van der Waals surface area (Å²) in [6.07, 6.45) is 2.27. The van der Waals surface area contributed by atoms with Gasteiger partial charge in [-0.25, -0.2) is 9.67 Å². The number of hydrogen-bond donors (Lipinski definition) is 1. The second kappa shape index (κ2) is 7.23. The van der Waals surface area contributed by atoms with Crippen LogP contribution in [0.1, 0.15) is 46.0 Å². The zero-order valence-electron chi connectivity index (χ0n) is 12.4. The molecule has 0 saturated carbocycles. The number of nitrogens with zero attached hydrogens (tertiary/aromatic N) is 3. The lowest BCUT2D eigenvalue weighted by molar-refractivity contribution is -0.143. The Bertz CT molecular complexity index is 401. The molecule has 0 aliphatic heterocycles. The van der Waals surface area contributed by atoms with E-state index < -0.39 is 0 Å². The van der Waals surface area contributed by atoms with Gasteiger partial charge in [0, 0.05) is 6.04 Å². The maximum Gasteiger partial charge on any atom is 0.322 e. The molecule has 6 nitrogen and oxygen atoms in total. The topological polar surface area (TPSA) is 69.0 Å². The summed E-state index contributed by atoms with van der Waals surface area (Å²) in [5, 5.41) is 7.37. The Hall–Kier alpha value is -1.43. The molecule has 0 fully saturated rings. The van der Waals surface area contributed by atoms with E-state index in [-0.39, 0.29) is 18.1 Å². The van der Waals surface area contributed by atoms with E-state index in [4.69, 9.17) is 4.74 Å². The van der Waals surface area contributed by atoms with E-state index >= 15 is 0 Å². The molecule has 1 atom stereocenters. The monoisotopic (exact) mass is 268 g/mol. The van der Waals surface area contributed by atoms with Crippen LogP contribution in [0.2, 0.25) is 0 Å². The predicted octanol–water partition coefficient (Wildman–Crippen LogP) is 1.54. The summed E-state index contributed by atoms with van der Waals surface area (Å²) in [5.74, 6) is 1.01. The number of methoxy groups -OCH3 is 1. The van der Waals surface area contributed by atoms with Crippen LogP contribution in [0.15, 0.2) is 6.33 Å². The fourth-order valence-electron chi connectivity index (χ4n) is 1.92. The molecular weight excluding hydrogens is 244 g/mol. The van der Waals surface area contributed by atoms with Gasteiger partial charge < -0.3 is 4.74 Å². The first kappa shape index (κ1) is 15.6. The van der Waals surface area contributed by atoms with Crippen LogP contribution in [-0.2, 0) is 16.1 Å². The van der Waals surface area contributed by atoms with Crippen molar-refractivity contribution in [1.29, 1.82) is 0 Å². The highest BCUT2D eigenvalue weighted by atomic mass is 16.5. The molecule has 1 aromatic rings. The van der Waals surface area contributed by atoms with E-state index in [0.29, 0.717) is 12.5 Å². The smallest absolute Gasteiger partial charge is 0.322 e. The van der Waals surface area contributed by atoms with E-state index in [1.165, 1.54) is 13.4 Å². The van der Waals surface area contributed by atoms with Crippen molar-refractivity contribution in [3.05, 3.63) is 12.2 Å². The Kier molecular flexibility index (Phi) is 5.95. The normalized spacial score (nSPS) is 13.0. The molecule has 0 amide bonds. The maximum absolute atomic E-state index is 11.7. The molecule has 1 N–H and O–H groups in total. The van der Waals surface area contributed by atoms with Crippen LogP contribution >= 0.6 is 0 Å². The Morgan fingerprint density at radius 2 is 2.11 bits per heavy atom. The van der Waals surface area contributed by atoms with Crippen molar-refractivity contribution < 1.29 is 9.53 Å². The predicted molar refractivity (Wildman–Crippen MR) is 72.5 cm³/mol. The molecule has 0 spiro atoms. The third-order valence-electron chi connectivity index (χ3n) is 2.84. The second-order valence-corrected chi connectivity index (χ2v) is 5.30. The highest BCUT2D eigenvalue weighted by Crippen LogP contribution is 2.09. The highest BCUT2D eigenvalue weighted by Gasteiger charge is 2.20. The number of carbonyl (C=O) groups is 1. The molecule has 108 valence electrons. The quantitative estimate of drug-likeness (QED) is 0.760. The summed E-state index contributed by atoms with van der Waals surface area (Å²) in [5.41, 5.74) is 0. The fourth-order valence-corrected chi connectivity index (χ4v) is 1.92. The molecule has 0 saturated heterocycles. The van der Waals surface area contributed by atoms with Gasteiger partial charge in [-0.2, -0.15) is 5.10 Å². The Morgan fingerprint density at radius 3 is 2.63 bits per heavy atom. The van der Waals surface area contributed by atoms with Crippen LogP contribution in [0.3, 0.4) is 0 Å². The van der Waals surface area contributed by atoms with Crippen molar-refractivity contribution in [2.24, 2.45) is 5.92 Å². The Morgan fingerprint density at radius 1 is 1.42 bits per heavy atom. The van der Waals surface area contributed by atoms with Gasteiger partial charge in [0.05, 0.1) is 13.7 Å². The van der Waals surface area contributed by atoms with Crippen molar-refractivity contribution in [1.82, 2.24) is 20.1 Å². The highest BCUT2D eigenvalue weighted by molar-refractivity contribution is 5.75. The van der Waals surface area contributed by atoms with Gasteiger partial charge in [0.1, 0.15) is 18.2 Å². The van der Waals surface area contributed by atoms with Crippen LogP contribution < -0.4 is 5.32 Å². The van der Waals surface area contributed by atoms with E-state index in [2.05, 4.69) is 29.2 Å². The fraction of sp³-hybridized carbons (Fsp3) is 0.769. The largest absolute Gasteiger partial charge is 0.468 e. The molecule has 1 aromatic heterocycles. The number of nitrogens with one attached hydrogen (secondary N) is 1. The summed E-state index contributed by atoms with van der Waals surface area (Å²) in [7, 11) is 1.41. The first-order valence-electron chi connectivity index (χ1n) is 6.65. The number of hydrogen-bond acceptors (Lipinski definition) is 5. The van der Waals surface area contributed by atoms with Gasteiger partial charge in [0.25, 0.3) is 0 Å². The Balaban J connectivity index is 2.65. The van der Waals surface area contributed by atoms with Gasteiger partial charge in [0.2, 0.25) is 0 Å². The van der Waals surface area contributed by atoms with Crippen LogP contribution in [0, 0.1) is 5.92 Å². The van der Waals surface area contributed by atoms with Gasteiger partial charge in [-0.1, -0.05) is 13.8 Å². The van der Waals surface area contributed by atoms with Crippen LogP contribution in [0.25, 0.3) is 0 Å². The summed E-state index contributed by atoms with van der Waals surface area (Å²) in [4.78, 5) is 15.9. The molecule has 19 heavy (non-hydrogen) atoms. The van der Waals surface area contributed by atoms with E-state index in [9.17, 15) is 4.79 Å². The summed E-state index contributed by atoms with van der Waals surface area (Å²) in [6.45, 7) is 8.75. The summed E-state index contributed by atoms with van der Waals surface area (Å²) in [6, 6.07) is -0.0525. The van der Waals surface area contributed by atoms with Gasteiger partial charge in [0.15, 0.2) is 0 Å². The molecule has 1 unspecified atom stereocenters. The van der Waals surface area contributed by atoms with Gasteiger partial charge >= 0.3 is 5.97 Å². The first-order valence-corrected chi connectivity index (χ1v) is 6.65. The molecular formula is C13H24N4O2. The van der Waals surface area contributed by atoms with Crippen molar-refractivity contribution in [3.8, 4) is 0 Å².